The zero-order valence-electron chi connectivity index (χ0n) is 10.6. The molecule has 100 valence electrons. The van der Waals surface area contributed by atoms with Gasteiger partial charge in [0.05, 0.1) is 18.3 Å². The lowest BCUT2D eigenvalue weighted by molar-refractivity contribution is -0.134. The summed E-state index contributed by atoms with van der Waals surface area (Å²) in [6, 6.07) is 1.56. The van der Waals surface area contributed by atoms with Gasteiger partial charge in [-0.3, -0.25) is 9.78 Å². The van der Waals surface area contributed by atoms with Crippen LogP contribution in [0.5, 0.6) is 0 Å². The first-order valence-corrected chi connectivity index (χ1v) is 7.07. The van der Waals surface area contributed by atoms with Crippen molar-refractivity contribution in [2.75, 3.05) is 13.6 Å². The number of carbonyl (C=O) groups is 1. The molecule has 0 spiro atoms. The summed E-state index contributed by atoms with van der Waals surface area (Å²) in [4.78, 5) is 19.6. The fourth-order valence-corrected chi connectivity index (χ4v) is 3.00. The van der Waals surface area contributed by atoms with E-state index in [4.69, 9.17) is 4.42 Å². The van der Waals surface area contributed by atoms with Crippen LogP contribution in [0.1, 0.15) is 22.2 Å². The van der Waals surface area contributed by atoms with Crippen molar-refractivity contribution in [3.05, 3.63) is 40.2 Å². The van der Waals surface area contributed by atoms with Gasteiger partial charge in [-0.1, -0.05) is 0 Å². The van der Waals surface area contributed by atoms with Crippen molar-refractivity contribution in [2.45, 2.75) is 19.0 Å². The van der Waals surface area contributed by atoms with Crippen LogP contribution in [0.2, 0.25) is 0 Å². The molecule has 3 heterocycles. The molecule has 0 radical (unpaired) electrons. The van der Waals surface area contributed by atoms with E-state index in [0.717, 1.165) is 22.6 Å². The molecule has 1 N–H and O–H groups in total. The monoisotopic (exact) mass is 277 g/mol. The van der Waals surface area contributed by atoms with Crippen molar-refractivity contribution >= 4 is 17.2 Å². The van der Waals surface area contributed by atoms with E-state index in [1.165, 1.54) is 0 Å². The van der Waals surface area contributed by atoms with Gasteiger partial charge < -0.3 is 14.6 Å². The summed E-state index contributed by atoms with van der Waals surface area (Å²) < 4.78 is 5.47. The summed E-state index contributed by atoms with van der Waals surface area (Å²) >= 11 is 1.57. The van der Waals surface area contributed by atoms with E-state index in [0.29, 0.717) is 13.1 Å². The summed E-state index contributed by atoms with van der Waals surface area (Å²) in [7, 11) is 1.78. The lowest BCUT2D eigenvalue weighted by atomic mass is 10.1. The van der Waals surface area contributed by atoms with Crippen molar-refractivity contribution in [1.29, 1.82) is 0 Å². The van der Waals surface area contributed by atoms with E-state index in [9.17, 15) is 4.79 Å². The highest BCUT2D eigenvalue weighted by Crippen LogP contribution is 2.26. The molecule has 1 aliphatic rings. The SMILES string of the molecule is CNC1C(=O)N(Cc2cncs2)CCc2ccoc21. The number of carbonyl (C=O) groups excluding carboxylic acids is 1. The van der Waals surface area contributed by atoms with E-state index in [2.05, 4.69) is 10.3 Å². The van der Waals surface area contributed by atoms with Crippen LogP contribution in [-0.4, -0.2) is 29.4 Å². The van der Waals surface area contributed by atoms with Crippen molar-refractivity contribution in [3.8, 4) is 0 Å². The summed E-state index contributed by atoms with van der Waals surface area (Å²) in [5.41, 5.74) is 2.90. The molecule has 0 fully saturated rings. The number of rotatable bonds is 3. The predicted octanol–water partition coefficient (Wildman–Crippen LogP) is 1.58. The third kappa shape index (κ3) is 2.29. The van der Waals surface area contributed by atoms with Gasteiger partial charge in [0.25, 0.3) is 0 Å². The Morgan fingerprint density at radius 2 is 2.53 bits per heavy atom. The second kappa shape index (κ2) is 5.14. The van der Waals surface area contributed by atoms with Gasteiger partial charge in [0.1, 0.15) is 11.8 Å². The van der Waals surface area contributed by atoms with E-state index < -0.39 is 0 Å². The van der Waals surface area contributed by atoms with Gasteiger partial charge in [-0.05, 0) is 25.1 Å². The second-order valence-corrected chi connectivity index (χ2v) is 5.48. The normalized spacial score (nSPS) is 19.3. The van der Waals surface area contributed by atoms with Crippen LogP contribution in [-0.2, 0) is 17.8 Å². The quantitative estimate of drug-likeness (QED) is 0.925. The van der Waals surface area contributed by atoms with Crippen LogP contribution in [0, 0.1) is 0 Å². The van der Waals surface area contributed by atoms with Crippen LogP contribution in [0.15, 0.2) is 28.5 Å². The van der Waals surface area contributed by atoms with E-state index >= 15 is 0 Å². The molecule has 3 rings (SSSR count). The first kappa shape index (κ1) is 12.4. The molecule has 2 aromatic rings. The third-order valence-electron chi connectivity index (χ3n) is 3.37. The Morgan fingerprint density at radius 3 is 3.26 bits per heavy atom. The molecule has 19 heavy (non-hydrogen) atoms. The molecule has 1 unspecified atom stereocenters. The van der Waals surface area contributed by atoms with Gasteiger partial charge in [-0.15, -0.1) is 11.3 Å². The number of thiazole rings is 1. The Balaban J connectivity index is 1.85. The minimum atomic E-state index is -0.388. The number of nitrogens with one attached hydrogen (secondary N) is 1. The minimum Gasteiger partial charge on any atom is -0.467 e. The molecular formula is C13H15N3O2S. The average Bonchev–Trinajstić information content (AvgIpc) is 3.04. The van der Waals surface area contributed by atoms with Gasteiger partial charge in [-0.2, -0.15) is 0 Å². The molecule has 1 atom stereocenters. The van der Waals surface area contributed by atoms with Crippen LogP contribution in [0.25, 0.3) is 0 Å². The Labute approximate surface area is 115 Å². The molecule has 0 aliphatic carbocycles. The topological polar surface area (TPSA) is 58.4 Å². The van der Waals surface area contributed by atoms with Gasteiger partial charge in [0, 0.05) is 17.6 Å². The largest absolute Gasteiger partial charge is 0.467 e. The third-order valence-corrected chi connectivity index (χ3v) is 4.14. The zero-order valence-corrected chi connectivity index (χ0v) is 11.4. The summed E-state index contributed by atoms with van der Waals surface area (Å²) in [6.45, 7) is 1.33. The van der Waals surface area contributed by atoms with Crippen molar-refractivity contribution in [2.24, 2.45) is 0 Å². The Bertz CT molecular complexity index is 564. The van der Waals surface area contributed by atoms with E-state index in [-0.39, 0.29) is 11.9 Å². The van der Waals surface area contributed by atoms with Crippen LogP contribution in [0.4, 0.5) is 0 Å². The lowest BCUT2D eigenvalue weighted by Gasteiger charge is -2.23. The molecule has 0 aromatic carbocycles. The summed E-state index contributed by atoms with van der Waals surface area (Å²) in [5, 5.41) is 3.05. The fraction of sp³-hybridized carbons (Fsp3) is 0.385. The number of fused-ring (bicyclic) bond motifs is 1. The Morgan fingerprint density at radius 1 is 1.63 bits per heavy atom. The number of furan rings is 1. The molecule has 0 saturated heterocycles. The standard InChI is InChI=1S/C13H15N3O2S/c1-14-11-12-9(3-5-18-12)2-4-16(13(11)17)7-10-6-15-8-19-10/h3,5-6,8,11,14H,2,4,7H2,1H3. The Kier molecular flexibility index (Phi) is 3.35. The molecule has 1 amide bonds. The minimum absolute atomic E-state index is 0.0598. The van der Waals surface area contributed by atoms with E-state index in [1.54, 1.807) is 30.2 Å². The maximum Gasteiger partial charge on any atom is 0.247 e. The van der Waals surface area contributed by atoms with Gasteiger partial charge >= 0.3 is 0 Å². The lowest BCUT2D eigenvalue weighted by Crippen LogP contribution is -2.38. The fourth-order valence-electron chi connectivity index (χ4n) is 2.39. The Hall–Kier alpha value is -1.66. The zero-order chi connectivity index (χ0) is 13.2. The summed E-state index contributed by atoms with van der Waals surface area (Å²) in [6.07, 6.45) is 4.30. The molecule has 0 bridgehead atoms. The van der Waals surface area contributed by atoms with Gasteiger partial charge in [-0.25, -0.2) is 0 Å². The van der Waals surface area contributed by atoms with Crippen molar-refractivity contribution < 1.29 is 9.21 Å². The maximum absolute atomic E-state index is 12.6. The average molecular weight is 277 g/mol. The van der Waals surface area contributed by atoms with Crippen molar-refractivity contribution in [1.82, 2.24) is 15.2 Å². The first-order chi connectivity index (χ1) is 9.29. The summed E-state index contributed by atoms with van der Waals surface area (Å²) in [5.74, 6) is 0.809. The number of likely N-dealkylation sites (N-methyl/N-ethyl adjacent to an activating group) is 1. The van der Waals surface area contributed by atoms with Crippen LogP contribution in [0.3, 0.4) is 0 Å². The van der Waals surface area contributed by atoms with Crippen LogP contribution >= 0.6 is 11.3 Å². The van der Waals surface area contributed by atoms with Crippen LogP contribution < -0.4 is 5.32 Å². The molecule has 5 nitrogen and oxygen atoms in total. The number of nitrogens with zero attached hydrogens (tertiary/aromatic N) is 2. The number of amides is 1. The molecule has 6 heteroatoms. The molecule has 0 saturated carbocycles. The van der Waals surface area contributed by atoms with Crippen molar-refractivity contribution in [3.63, 3.8) is 0 Å². The highest BCUT2D eigenvalue weighted by Gasteiger charge is 2.32. The van der Waals surface area contributed by atoms with Gasteiger partial charge in [0.15, 0.2) is 0 Å². The molecule has 1 aliphatic heterocycles. The molecule has 2 aromatic heterocycles. The number of hydrogen-bond acceptors (Lipinski definition) is 5. The maximum atomic E-state index is 12.6. The highest BCUT2D eigenvalue weighted by molar-refractivity contribution is 7.09. The smallest absolute Gasteiger partial charge is 0.247 e. The predicted molar refractivity (Wildman–Crippen MR) is 71.7 cm³/mol. The number of aromatic nitrogens is 1. The first-order valence-electron chi connectivity index (χ1n) is 6.19. The second-order valence-electron chi connectivity index (χ2n) is 4.51. The van der Waals surface area contributed by atoms with Gasteiger partial charge in [0.2, 0.25) is 5.91 Å². The highest BCUT2D eigenvalue weighted by atomic mass is 32.1. The number of hydrogen-bond donors (Lipinski definition) is 1. The molecular weight excluding hydrogens is 262 g/mol. The van der Waals surface area contributed by atoms with E-state index in [1.807, 2.05) is 17.2 Å².